The molecule has 0 spiro atoms. The molecule has 2 rings (SSSR count). The minimum Gasteiger partial charge on any atom is -0.481 e. The number of fused-ring (bicyclic) bond motifs is 1. The van der Waals surface area contributed by atoms with E-state index in [9.17, 15) is 14.7 Å². The highest BCUT2D eigenvalue weighted by molar-refractivity contribution is 5.83. The summed E-state index contributed by atoms with van der Waals surface area (Å²) in [6.45, 7) is 13.9. The van der Waals surface area contributed by atoms with Gasteiger partial charge in [0, 0.05) is 18.8 Å². The zero-order chi connectivity index (χ0) is 22.7. The normalized spacial score (nSPS) is 25.7. The van der Waals surface area contributed by atoms with Gasteiger partial charge in [-0.1, -0.05) is 53.9 Å². The van der Waals surface area contributed by atoms with Gasteiger partial charge < -0.3 is 10.2 Å². The lowest BCUT2D eigenvalue weighted by Gasteiger charge is -2.47. The number of hydrogen-bond acceptors (Lipinski definition) is 3. The van der Waals surface area contributed by atoms with Gasteiger partial charge in [0.25, 0.3) is 0 Å². The largest absolute Gasteiger partial charge is 0.481 e. The number of aliphatic hydroxyl groups is 1. The molecule has 0 aliphatic heterocycles. The SMILES string of the molecule is CC.CC.CC(C(CCCC(C)(C)O)CCC(=O)O)C12CCCC(=O)C1CCC2. The first-order valence-electron chi connectivity index (χ1n) is 12.1. The first-order valence-corrected chi connectivity index (χ1v) is 12.1. The number of carboxylic acid groups (broad SMARTS) is 1. The standard InChI is InChI=1S/C21H36O4.2C2H6/c1-15(21-13-5-8-17(21)18(22)9-6-14-21)16(10-11-19(23)24)7-4-12-20(2,3)25;2*1-2/h15-17,25H,4-14H2,1-3H3,(H,23,24);2*1-2H3. The molecule has 2 N–H and O–H groups in total. The van der Waals surface area contributed by atoms with E-state index in [0.717, 1.165) is 57.8 Å². The maximum absolute atomic E-state index is 12.5. The molecule has 0 saturated heterocycles. The van der Waals surface area contributed by atoms with E-state index in [-0.39, 0.29) is 17.8 Å². The number of Topliss-reactive ketones (excluding diaryl/α,β-unsaturated/α-hetero) is 1. The molecule has 0 heterocycles. The van der Waals surface area contributed by atoms with Crippen LogP contribution in [0.4, 0.5) is 0 Å². The number of ketones is 1. The Morgan fingerprint density at radius 3 is 2.28 bits per heavy atom. The number of carbonyl (C=O) groups excluding carboxylic acids is 1. The van der Waals surface area contributed by atoms with E-state index in [2.05, 4.69) is 6.92 Å². The van der Waals surface area contributed by atoms with Crippen molar-refractivity contribution in [3.63, 3.8) is 0 Å². The molecule has 0 aromatic heterocycles. The average Bonchev–Trinajstić information content (AvgIpc) is 3.13. The van der Waals surface area contributed by atoms with Crippen LogP contribution in [0.3, 0.4) is 0 Å². The van der Waals surface area contributed by atoms with Crippen LogP contribution in [0.1, 0.15) is 119 Å². The molecule has 29 heavy (non-hydrogen) atoms. The lowest BCUT2D eigenvalue weighted by molar-refractivity contribution is -0.138. The Bertz CT molecular complexity index is 480. The van der Waals surface area contributed by atoms with Crippen LogP contribution in [0.25, 0.3) is 0 Å². The maximum atomic E-state index is 12.5. The van der Waals surface area contributed by atoms with Crippen molar-refractivity contribution in [3.8, 4) is 0 Å². The summed E-state index contributed by atoms with van der Waals surface area (Å²) in [4.78, 5) is 23.6. The van der Waals surface area contributed by atoms with Gasteiger partial charge in [-0.05, 0) is 69.6 Å². The molecule has 0 aromatic rings. The van der Waals surface area contributed by atoms with Gasteiger partial charge in [0.05, 0.1) is 5.60 Å². The van der Waals surface area contributed by atoms with Crippen molar-refractivity contribution in [2.75, 3.05) is 0 Å². The molecular formula is C25H48O4. The third kappa shape index (κ3) is 8.39. The molecule has 2 aliphatic carbocycles. The highest BCUT2D eigenvalue weighted by Crippen LogP contribution is 2.58. The van der Waals surface area contributed by atoms with Crippen molar-refractivity contribution in [1.82, 2.24) is 0 Å². The first-order chi connectivity index (χ1) is 13.7. The van der Waals surface area contributed by atoms with Crippen molar-refractivity contribution >= 4 is 11.8 Å². The second-order valence-corrected chi connectivity index (χ2v) is 9.18. The third-order valence-corrected chi connectivity index (χ3v) is 6.99. The van der Waals surface area contributed by atoms with Gasteiger partial charge in [0.2, 0.25) is 0 Å². The molecule has 4 nitrogen and oxygen atoms in total. The van der Waals surface area contributed by atoms with Crippen LogP contribution < -0.4 is 0 Å². The number of rotatable bonds is 9. The molecule has 2 aliphatic rings. The highest BCUT2D eigenvalue weighted by Gasteiger charge is 2.52. The monoisotopic (exact) mass is 412 g/mol. The Morgan fingerprint density at radius 1 is 1.14 bits per heavy atom. The van der Waals surface area contributed by atoms with Crippen molar-refractivity contribution in [2.24, 2.45) is 23.2 Å². The van der Waals surface area contributed by atoms with Crippen LogP contribution in [0, 0.1) is 23.2 Å². The van der Waals surface area contributed by atoms with Crippen LogP contribution >= 0.6 is 0 Å². The molecule has 2 saturated carbocycles. The second-order valence-electron chi connectivity index (χ2n) is 9.18. The van der Waals surface area contributed by atoms with Crippen LogP contribution in [0.2, 0.25) is 0 Å². The number of hydrogen-bond donors (Lipinski definition) is 2. The fourth-order valence-corrected chi connectivity index (χ4v) is 5.64. The highest BCUT2D eigenvalue weighted by atomic mass is 16.4. The summed E-state index contributed by atoms with van der Waals surface area (Å²) in [6.07, 6.45) is 9.62. The predicted octanol–water partition coefficient (Wildman–Crippen LogP) is 6.64. The van der Waals surface area contributed by atoms with Crippen LogP contribution in [0.5, 0.6) is 0 Å². The summed E-state index contributed by atoms with van der Waals surface area (Å²) in [5.74, 6) is 0.622. The van der Waals surface area contributed by atoms with Gasteiger partial charge in [-0.25, -0.2) is 0 Å². The lowest BCUT2D eigenvalue weighted by atomic mass is 9.57. The minimum atomic E-state index is -0.736. The minimum absolute atomic E-state index is 0.104. The summed E-state index contributed by atoms with van der Waals surface area (Å²) in [6, 6.07) is 0. The summed E-state index contributed by atoms with van der Waals surface area (Å²) >= 11 is 0. The van der Waals surface area contributed by atoms with Gasteiger partial charge in [-0.3, -0.25) is 9.59 Å². The molecule has 0 aromatic carbocycles. The van der Waals surface area contributed by atoms with Gasteiger partial charge in [0.15, 0.2) is 0 Å². The van der Waals surface area contributed by atoms with Crippen LogP contribution in [-0.4, -0.2) is 27.6 Å². The van der Waals surface area contributed by atoms with E-state index in [1.807, 2.05) is 41.5 Å². The fourth-order valence-electron chi connectivity index (χ4n) is 5.64. The maximum Gasteiger partial charge on any atom is 0.303 e. The Balaban J connectivity index is 0.00000184. The van der Waals surface area contributed by atoms with Gasteiger partial charge in [0.1, 0.15) is 5.78 Å². The average molecular weight is 413 g/mol. The van der Waals surface area contributed by atoms with E-state index < -0.39 is 11.6 Å². The van der Waals surface area contributed by atoms with E-state index >= 15 is 0 Å². The van der Waals surface area contributed by atoms with E-state index in [0.29, 0.717) is 24.0 Å². The van der Waals surface area contributed by atoms with Crippen LogP contribution in [-0.2, 0) is 9.59 Å². The van der Waals surface area contributed by atoms with Crippen molar-refractivity contribution in [3.05, 3.63) is 0 Å². The molecule has 0 radical (unpaired) electrons. The van der Waals surface area contributed by atoms with Crippen molar-refractivity contribution in [2.45, 2.75) is 125 Å². The van der Waals surface area contributed by atoms with Crippen LogP contribution in [0.15, 0.2) is 0 Å². The summed E-state index contributed by atoms with van der Waals surface area (Å²) in [5, 5.41) is 19.1. The quantitative estimate of drug-likeness (QED) is 0.445. The Hall–Kier alpha value is -0.900. The lowest BCUT2D eigenvalue weighted by Crippen LogP contribution is -2.43. The summed E-state index contributed by atoms with van der Waals surface area (Å²) in [5.41, 5.74) is -0.567. The fraction of sp³-hybridized carbons (Fsp3) is 0.920. The zero-order valence-electron chi connectivity index (χ0n) is 20.2. The second kappa shape index (κ2) is 13.4. The number of carboxylic acids is 1. The molecular weight excluding hydrogens is 364 g/mol. The third-order valence-electron chi connectivity index (χ3n) is 6.99. The Morgan fingerprint density at radius 2 is 1.72 bits per heavy atom. The molecule has 0 amide bonds. The first kappa shape index (κ1) is 28.1. The van der Waals surface area contributed by atoms with E-state index in [1.165, 1.54) is 0 Å². The molecule has 2 fully saturated rings. The van der Waals surface area contributed by atoms with Gasteiger partial charge in [-0.15, -0.1) is 0 Å². The van der Waals surface area contributed by atoms with Crippen molar-refractivity contribution < 1.29 is 19.8 Å². The van der Waals surface area contributed by atoms with Crippen molar-refractivity contribution in [1.29, 1.82) is 0 Å². The molecule has 4 atom stereocenters. The summed E-state index contributed by atoms with van der Waals surface area (Å²) in [7, 11) is 0. The molecule has 4 heteroatoms. The summed E-state index contributed by atoms with van der Waals surface area (Å²) < 4.78 is 0. The van der Waals surface area contributed by atoms with E-state index in [1.54, 1.807) is 0 Å². The Kier molecular flexibility index (Phi) is 13.0. The molecule has 4 unspecified atom stereocenters. The topological polar surface area (TPSA) is 74.6 Å². The number of aliphatic carboxylic acids is 1. The smallest absolute Gasteiger partial charge is 0.303 e. The van der Waals surface area contributed by atoms with Gasteiger partial charge >= 0.3 is 5.97 Å². The zero-order valence-corrected chi connectivity index (χ0v) is 20.2. The predicted molar refractivity (Wildman–Crippen MR) is 121 cm³/mol. The van der Waals surface area contributed by atoms with E-state index in [4.69, 9.17) is 5.11 Å². The van der Waals surface area contributed by atoms with Gasteiger partial charge in [-0.2, -0.15) is 0 Å². The molecule has 0 bridgehead atoms. The Labute approximate surface area is 179 Å². The molecule has 172 valence electrons. The number of carbonyl (C=O) groups is 2.